The van der Waals surface area contributed by atoms with Gasteiger partial charge in [-0.15, -0.1) is 0 Å². The van der Waals surface area contributed by atoms with Crippen molar-refractivity contribution in [3.63, 3.8) is 0 Å². The molecule has 16 heavy (non-hydrogen) atoms. The van der Waals surface area contributed by atoms with E-state index in [1.54, 1.807) is 0 Å². The molecular formula is C14H20O2. The summed E-state index contributed by atoms with van der Waals surface area (Å²) in [5, 5.41) is 0. The lowest BCUT2D eigenvalue weighted by Crippen LogP contribution is -2.11. The zero-order valence-corrected chi connectivity index (χ0v) is 10.5. The second kappa shape index (κ2) is 5.15. The highest BCUT2D eigenvalue weighted by molar-refractivity contribution is 5.49. The number of benzene rings is 1. The van der Waals surface area contributed by atoms with Crippen LogP contribution < -0.4 is 4.74 Å². The van der Waals surface area contributed by atoms with Gasteiger partial charge in [0.25, 0.3) is 0 Å². The van der Waals surface area contributed by atoms with E-state index < -0.39 is 0 Å². The average Bonchev–Trinajstić information content (AvgIpc) is 2.19. The molecule has 0 heterocycles. The van der Waals surface area contributed by atoms with Gasteiger partial charge in [0.1, 0.15) is 12.0 Å². The van der Waals surface area contributed by atoms with E-state index in [0.717, 1.165) is 17.6 Å². The number of aldehydes is 1. The Labute approximate surface area is 97.6 Å². The van der Waals surface area contributed by atoms with Crippen molar-refractivity contribution in [3.8, 4) is 5.75 Å². The van der Waals surface area contributed by atoms with Gasteiger partial charge in [-0.05, 0) is 29.5 Å². The Kier molecular flexibility index (Phi) is 4.11. The Bertz CT molecular complexity index is 361. The number of aryl methyl sites for hydroxylation is 1. The van der Waals surface area contributed by atoms with E-state index in [2.05, 4.69) is 32.9 Å². The average molecular weight is 220 g/mol. The quantitative estimate of drug-likeness (QED) is 0.575. The SMILES string of the molecule is Cc1cc(C(C)(C)C)ccc1OCCC=O. The summed E-state index contributed by atoms with van der Waals surface area (Å²) in [5.41, 5.74) is 2.58. The second-order valence-electron chi connectivity index (χ2n) is 5.03. The molecule has 0 amide bonds. The summed E-state index contributed by atoms with van der Waals surface area (Å²) in [4.78, 5) is 10.2. The van der Waals surface area contributed by atoms with Crippen molar-refractivity contribution in [1.29, 1.82) is 0 Å². The van der Waals surface area contributed by atoms with E-state index in [1.165, 1.54) is 5.56 Å². The minimum absolute atomic E-state index is 0.159. The molecular weight excluding hydrogens is 200 g/mol. The molecule has 0 saturated carbocycles. The van der Waals surface area contributed by atoms with Gasteiger partial charge in [-0.1, -0.05) is 32.9 Å². The molecule has 1 rings (SSSR count). The van der Waals surface area contributed by atoms with E-state index in [4.69, 9.17) is 4.74 Å². The predicted molar refractivity (Wildman–Crippen MR) is 66.1 cm³/mol. The lowest BCUT2D eigenvalue weighted by Gasteiger charge is -2.20. The molecule has 0 atom stereocenters. The standard InChI is InChI=1S/C14H20O2/c1-11-10-12(14(2,3)4)6-7-13(11)16-9-5-8-15/h6-8,10H,5,9H2,1-4H3. The molecule has 0 radical (unpaired) electrons. The van der Waals surface area contributed by atoms with Crippen molar-refractivity contribution in [2.45, 2.75) is 39.5 Å². The Balaban J connectivity index is 2.79. The molecule has 0 aromatic heterocycles. The number of ether oxygens (including phenoxy) is 1. The van der Waals surface area contributed by atoms with Crippen LogP contribution in [0.3, 0.4) is 0 Å². The van der Waals surface area contributed by atoms with E-state index in [0.29, 0.717) is 13.0 Å². The molecule has 0 N–H and O–H groups in total. The van der Waals surface area contributed by atoms with Gasteiger partial charge >= 0.3 is 0 Å². The third-order valence-corrected chi connectivity index (χ3v) is 2.53. The van der Waals surface area contributed by atoms with Crippen molar-refractivity contribution in [2.75, 3.05) is 6.61 Å². The monoisotopic (exact) mass is 220 g/mol. The van der Waals surface area contributed by atoms with Crippen LogP contribution >= 0.6 is 0 Å². The number of carbonyl (C=O) groups excluding carboxylic acids is 1. The molecule has 0 spiro atoms. The predicted octanol–water partition coefficient (Wildman–Crippen LogP) is 3.26. The van der Waals surface area contributed by atoms with E-state index in [1.807, 2.05) is 13.0 Å². The smallest absolute Gasteiger partial charge is 0.123 e. The first-order chi connectivity index (χ1) is 7.45. The molecule has 2 nitrogen and oxygen atoms in total. The highest BCUT2D eigenvalue weighted by Gasteiger charge is 2.14. The zero-order valence-electron chi connectivity index (χ0n) is 10.5. The molecule has 0 aliphatic carbocycles. The van der Waals surface area contributed by atoms with Crippen LogP contribution in [0.1, 0.15) is 38.3 Å². The van der Waals surface area contributed by atoms with Crippen LogP contribution in [-0.4, -0.2) is 12.9 Å². The summed E-state index contributed by atoms with van der Waals surface area (Å²) in [6.07, 6.45) is 1.32. The normalized spacial score (nSPS) is 11.2. The van der Waals surface area contributed by atoms with E-state index in [9.17, 15) is 4.79 Å². The van der Waals surface area contributed by atoms with Crippen molar-refractivity contribution in [3.05, 3.63) is 29.3 Å². The Morgan fingerprint density at radius 3 is 2.50 bits per heavy atom. The van der Waals surface area contributed by atoms with Crippen molar-refractivity contribution >= 4 is 6.29 Å². The van der Waals surface area contributed by atoms with Crippen LogP contribution in [-0.2, 0) is 10.2 Å². The van der Waals surface area contributed by atoms with Gasteiger partial charge in [0.15, 0.2) is 0 Å². The van der Waals surface area contributed by atoms with Crippen molar-refractivity contribution < 1.29 is 9.53 Å². The maximum Gasteiger partial charge on any atom is 0.123 e. The summed E-state index contributed by atoms with van der Waals surface area (Å²) >= 11 is 0. The van der Waals surface area contributed by atoms with Crippen molar-refractivity contribution in [1.82, 2.24) is 0 Å². The molecule has 2 heteroatoms. The molecule has 0 aliphatic rings. The first-order valence-corrected chi connectivity index (χ1v) is 5.62. The van der Waals surface area contributed by atoms with Crippen LogP contribution in [0.5, 0.6) is 5.75 Å². The van der Waals surface area contributed by atoms with Crippen LogP contribution in [0.15, 0.2) is 18.2 Å². The minimum atomic E-state index is 0.159. The zero-order chi connectivity index (χ0) is 12.2. The maximum atomic E-state index is 10.2. The molecule has 0 bridgehead atoms. The fraction of sp³-hybridized carbons (Fsp3) is 0.500. The van der Waals surface area contributed by atoms with E-state index >= 15 is 0 Å². The van der Waals surface area contributed by atoms with Gasteiger partial charge in [-0.3, -0.25) is 0 Å². The lowest BCUT2D eigenvalue weighted by molar-refractivity contribution is -0.108. The molecule has 1 aromatic rings. The summed E-state index contributed by atoms with van der Waals surface area (Å²) < 4.78 is 5.51. The number of hydrogen-bond acceptors (Lipinski definition) is 2. The van der Waals surface area contributed by atoms with Crippen LogP contribution in [0.25, 0.3) is 0 Å². The molecule has 0 unspecified atom stereocenters. The molecule has 0 saturated heterocycles. The third kappa shape index (κ3) is 3.37. The number of carbonyl (C=O) groups is 1. The Hall–Kier alpha value is -1.31. The topological polar surface area (TPSA) is 26.3 Å². The Morgan fingerprint density at radius 1 is 1.31 bits per heavy atom. The van der Waals surface area contributed by atoms with Crippen LogP contribution in [0.4, 0.5) is 0 Å². The maximum absolute atomic E-state index is 10.2. The van der Waals surface area contributed by atoms with Gasteiger partial charge in [-0.2, -0.15) is 0 Å². The summed E-state index contributed by atoms with van der Waals surface area (Å²) in [6, 6.07) is 6.22. The van der Waals surface area contributed by atoms with E-state index in [-0.39, 0.29) is 5.41 Å². The molecule has 0 aliphatic heterocycles. The fourth-order valence-corrected chi connectivity index (χ4v) is 1.49. The molecule has 0 fully saturated rings. The van der Waals surface area contributed by atoms with Gasteiger partial charge in [0.05, 0.1) is 6.61 Å². The third-order valence-electron chi connectivity index (χ3n) is 2.53. The van der Waals surface area contributed by atoms with Gasteiger partial charge in [0.2, 0.25) is 0 Å². The molecule has 88 valence electrons. The summed E-state index contributed by atoms with van der Waals surface area (Å²) in [7, 11) is 0. The van der Waals surface area contributed by atoms with Gasteiger partial charge < -0.3 is 9.53 Å². The van der Waals surface area contributed by atoms with Crippen LogP contribution in [0.2, 0.25) is 0 Å². The Morgan fingerprint density at radius 2 is 2.00 bits per heavy atom. The number of hydrogen-bond donors (Lipinski definition) is 0. The summed E-state index contributed by atoms with van der Waals surface area (Å²) in [5.74, 6) is 0.870. The first-order valence-electron chi connectivity index (χ1n) is 5.62. The first kappa shape index (κ1) is 12.8. The number of rotatable bonds is 4. The summed E-state index contributed by atoms with van der Waals surface area (Å²) in [6.45, 7) is 9.06. The highest BCUT2D eigenvalue weighted by Crippen LogP contribution is 2.27. The minimum Gasteiger partial charge on any atom is -0.493 e. The highest BCUT2D eigenvalue weighted by atomic mass is 16.5. The van der Waals surface area contributed by atoms with Crippen molar-refractivity contribution in [2.24, 2.45) is 0 Å². The van der Waals surface area contributed by atoms with Gasteiger partial charge in [-0.25, -0.2) is 0 Å². The fourth-order valence-electron chi connectivity index (χ4n) is 1.49. The largest absolute Gasteiger partial charge is 0.493 e. The van der Waals surface area contributed by atoms with Gasteiger partial charge in [0, 0.05) is 6.42 Å². The lowest BCUT2D eigenvalue weighted by atomic mass is 9.86. The van der Waals surface area contributed by atoms with Crippen LogP contribution in [0, 0.1) is 6.92 Å². The molecule has 1 aromatic carbocycles. The second-order valence-corrected chi connectivity index (χ2v) is 5.03.